The van der Waals surface area contributed by atoms with Crippen LogP contribution in [0.25, 0.3) is 5.65 Å². The Morgan fingerprint density at radius 3 is 2.59 bits per heavy atom. The van der Waals surface area contributed by atoms with Gasteiger partial charge in [0.25, 0.3) is 11.8 Å². The number of ether oxygens (including phenoxy) is 1. The van der Waals surface area contributed by atoms with Crippen molar-refractivity contribution in [2.24, 2.45) is 0 Å². The second kappa shape index (κ2) is 7.33. The number of imidazole rings is 1. The van der Waals surface area contributed by atoms with Crippen molar-refractivity contribution < 1.29 is 14.3 Å². The second-order valence-electron chi connectivity index (χ2n) is 6.04. The molecule has 2 N–H and O–H groups in total. The number of anilines is 1. The average molecular weight is 386 g/mol. The molecule has 27 heavy (non-hydrogen) atoms. The predicted molar refractivity (Wildman–Crippen MR) is 100 cm³/mol. The Labute approximate surface area is 159 Å². The minimum atomic E-state index is -0.491. The summed E-state index contributed by atoms with van der Waals surface area (Å²) in [6, 6.07) is 5.60. The first-order valence-electron chi connectivity index (χ1n) is 8.45. The van der Waals surface area contributed by atoms with Crippen molar-refractivity contribution in [3.63, 3.8) is 0 Å². The van der Waals surface area contributed by atoms with Crippen molar-refractivity contribution in [2.45, 2.75) is 6.92 Å². The van der Waals surface area contributed by atoms with Crippen LogP contribution < -0.4 is 15.8 Å². The lowest BCUT2D eigenvalue weighted by molar-refractivity contribution is 0.0842. The van der Waals surface area contributed by atoms with Crippen molar-refractivity contribution >= 4 is 33.9 Å². The SMILES string of the molecule is Cc1cccc2nc(C(=O)NNC(=O)c3csc(N4CCOCC4)n3)cn12. The fraction of sp³-hybridized carbons (Fsp3) is 0.294. The summed E-state index contributed by atoms with van der Waals surface area (Å²) < 4.78 is 7.12. The monoisotopic (exact) mass is 386 g/mol. The summed E-state index contributed by atoms with van der Waals surface area (Å²) in [6.45, 7) is 4.72. The average Bonchev–Trinajstić information content (AvgIpc) is 3.35. The number of carbonyl (C=O) groups excluding carboxylic acids is 2. The highest BCUT2D eigenvalue weighted by Gasteiger charge is 2.18. The van der Waals surface area contributed by atoms with E-state index in [1.54, 1.807) is 11.6 Å². The number of hydrazine groups is 1. The van der Waals surface area contributed by atoms with E-state index in [0.29, 0.717) is 18.9 Å². The topological polar surface area (TPSA) is 101 Å². The van der Waals surface area contributed by atoms with Crippen LogP contribution in [0, 0.1) is 6.92 Å². The first-order chi connectivity index (χ1) is 13.1. The number of thiazole rings is 1. The standard InChI is InChI=1S/C17H18N6O3S/c1-11-3-2-4-14-18-12(9-23(11)14)15(24)20-21-16(25)13-10-27-17(19-13)22-5-7-26-8-6-22/h2-4,9-10H,5-8H2,1H3,(H,20,24)(H,21,25). The fourth-order valence-electron chi connectivity index (χ4n) is 2.77. The lowest BCUT2D eigenvalue weighted by Crippen LogP contribution is -2.42. The quantitative estimate of drug-likeness (QED) is 0.652. The Hall–Kier alpha value is -2.98. The number of nitrogens with zero attached hydrogens (tertiary/aromatic N) is 4. The number of morpholine rings is 1. The lowest BCUT2D eigenvalue weighted by Gasteiger charge is -2.25. The molecule has 2 amide bonds. The van der Waals surface area contributed by atoms with E-state index in [2.05, 4.69) is 25.7 Å². The molecular formula is C17H18N6O3S. The largest absolute Gasteiger partial charge is 0.378 e. The molecule has 0 bridgehead atoms. The molecule has 0 unspecified atom stereocenters. The highest BCUT2D eigenvalue weighted by atomic mass is 32.1. The number of nitrogens with one attached hydrogen (secondary N) is 2. The third-order valence-electron chi connectivity index (χ3n) is 4.22. The minimum Gasteiger partial charge on any atom is -0.378 e. The predicted octanol–water partition coefficient (Wildman–Crippen LogP) is 1.01. The van der Waals surface area contributed by atoms with Gasteiger partial charge in [0.1, 0.15) is 17.0 Å². The molecule has 0 aliphatic carbocycles. The van der Waals surface area contributed by atoms with E-state index >= 15 is 0 Å². The zero-order valence-corrected chi connectivity index (χ0v) is 15.5. The normalized spacial score (nSPS) is 14.3. The van der Waals surface area contributed by atoms with E-state index < -0.39 is 11.8 Å². The van der Waals surface area contributed by atoms with Crippen LogP contribution >= 0.6 is 11.3 Å². The molecule has 0 spiro atoms. The van der Waals surface area contributed by atoms with Crippen LogP contribution in [-0.4, -0.2) is 52.5 Å². The van der Waals surface area contributed by atoms with Gasteiger partial charge in [-0.3, -0.25) is 20.4 Å². The van der Waals surface area contributed by atoms with Gasteiger partial charge in [-0.05, 0) is 19.1 Å². The molecule has 1 aliphatic rings. The maximum absolute atomic E-state index is 12.3. The van der Waals surface area contributed by atoms with E-state index in [0.717, 1.165) is 23.9 Å². The maximum atomic E-state index is 12.3. The second-order valence-corrected chi connectivity index (χ2v) is 6.88. The van der Waals surface area contributed by atoms with Crippen LogP contribution in [0.3, 0.4) is 0 Å². The van der Waals surface area contributed by atoms with Gasteiger partial charge in [0.15, 0.2) is 5.13 Å². The maximum Gasteiger partial charge on any atom is 0.289 e. The highest BCUT2D eigenvalue weighted by Crippen LogP contribution is 2.21. The third kappa shape index (κ3) is 3.62. The molecule has 4 rings (SSSR count). The molecule has 4 heterocycles. The molecule has 3 aromatic rings. The van der Waals surface area contributed by atoms with Gasteiger partial charge in [0, 0.05) is 30.4 Å². The Morgan fingerprint density at radius 2 is 1.85 bits per heavy atom. The van der Waals surface area contributed by atoms with Gasteiger partial charge in [-0.1, -0.05) is 6.07 Å². The number of amides is 2. The molecule has 0 saturated carbocycles. The Bertz CT molecular complexity index is 992. The number of aromatic nitrogens is 3. The van der Waals surface area contributed by atoms with E-state index in [1.165, 1.54) is 11.3 Å². The summed E-state index contributed by atoms with van der Waals surface area (Å²) >= 11 is 1.39. The molecule has 3 aromatic heterocycles. The summed E-state index contributed by atoms with van der Waals surface area (Å²) in [5.41, 5.74) is 6.87. The molecule has 1 saturated heterocycles. The summed E-state index contributed by atoms with van der Waals surface area (Å²) in [5.74, 6) is -0.964. The lowest BCUT2D eigenvalue weighted by atomic mass is 10.4. The number of aryl methyl sites for hydroxylation is 1. The number of rotatable bonds is 3. The van der Waals surface area contributed by atoms with Crippen LogP contribution in [0.4, 0.5) is 5.13 Å². The molecular weight excluding hydrogens is 368 g/mol. The van der Waals surface area contributed by atoms with Crippen molar-refractivity contribution in [1.82, 2.24) is 25.2 Å². The van der Waals surface area contributed by atoms with E-state index in [1.807, 2.05) is 29.5 Å². The molecule has 1 fully saturated rings. The first-order valence-corrected chi connectivity index (χ1v) is 9.33. The van der Waals surface area contributed by atoms with Gasteiger partial charge < -0.3 is 14.0 Å². The molecule has 0 aromatic carbocycles. The molecule has 10 heteroatoms. The number of fused-ring (bicyclic) bond motifs is 1. The number of hydrogen-bond acceptors (Lipinski definition) is 7. The smallest absolute Gasteiger partial charge is 0.289 e. The van der Waals surface area contributed by atoms with Crippen LogP contribution in [0.5, 0.6) is 0 Å². The van der Waals surface area contributed by atoms with Crippen molar-refractivity contribution in [1.29, 1.82) is 0 Å². The van der Waals surface area contributed by atoms with Crippen molar-refractivity contribution in [2.75, 3.05) is 31.2 Å². The number of carbonyl (C=O) groups is 2. The summed E-state index contributed by atoms with van der Waals surface area (Å²) in [4.78, 5) is 35.2. The fourth-order valence-corrected chi connectivity index (χ4v) is 3.63. The molecule has 140 valence electrons. The Kier molecular flexibility index (Phi) is 4.73. The van der Waals surface area contributed by atoms with E-state index in [9.17, 15) is 9.59 Å². The Balaban J connectivity index is 1.39. The summed E-state index contributed by atoms with van der Waals surface area (Å²) in [5, 5.41) is 2.44. The third-order valence-corrected chi connectivity index (χ3v) is 5.13. The zero-order chi connectivity index (χ0) is 18.8. The first kappa shape index (κ1) is 17.4. The molecule has 0 atom stereocenters. The molecule has 9 nitrogen and oxygen atoms in total. The number of hydrogen-bond donors (Lipinski definition) is 2. The van der Waals surface area contributed by atoms with Crippen LogP contribution in [0.15, 0.2) is 29.8 Å². The van der Waals surface area contributed by atoms with Gasteiger partial charge >= 0.3 is 0 Å². The van der Waals surface area contributed by atoms with E-state index in [-0.39, 0.29) is 11.4 Å². The highest BCUT2D eigenvalue weighted by molar-refractivity contribution is 7.13. The van der Waals surface area contributed by atoms with Gasteiger partial charge in [0.05, 0.1) is 13.2 Å². The van der Waals surface area contributed by atoms with Gasteiger partial charge in [0.2, 0.25) is 0 Å². The minimum absolute atomic E-state index is 0.219. The molecule has 1 aliphatic heterocycles. The van der Waals surface area contributed by atoms with Crippen molar-refractivity contribution in [3.8, 4) is 0 Å². The summed E-state index contributed by atoms with van der Waals surface area (Å²) in [7, 11) is 0. The number of pyridine rings is 1. The van der Waals surface area contributed by atoms with Gasteiger partial charge in [-0.15, -0.1) is 11.3 Å². The van der Waals surface area contributed by atoms with Crippen LogP contribution in [0.1, 0.15) is 26.7 Å². The molecule has 0 radical (unpaired) electrons. The summed E-state index contributed by atoms with van der Waals surface area (Å²) in [6.07, 6.45) is 1.63. The van der Waals surface area contributed by atoms with Gasteiger partial charge in [-0.2, -0.15) is 0 Å². The van der Waals surface area contributed by atoms with Crippen LogP contribution in [0.2, 0.25) is 0 Å². The Morgan fingerprint density at radius 1 is 1.11 bits per heavy atom. The van der Waals surface area contributed by atoms with Gasteiger partial charge in [-0.25, -0.2) is 9.97 Å². The zero-order valence-electron chi connectivity index (χ0n) is 14.6. The van der Waals surface area contributed by atoms with E-state index in [4.69, 9.17) is 4.74 Å². The van der Waals surface area contributed by atoms with Crippen molar-refractivity contribution in [3.05, 3.63) is 46.9 Å². The van der Waals surface area contributed by atoms with Crippen LogP contribution in [-0.2, 0) is 4.74 Å².